The molecule has 5 heterocycles. The van der Waals surface area contributed by atoms with E-state index in [9.17, 15) is 5.11 Å². The zero-order valence-corrected chi connectivity index (χ0v) is 21.4. The molecule has 10 heteroatoms. The molecule has 0 aromatic carbocycles. The number of aromatic nitrogens is 4. The van der Waals surface area contributed by atoms with E-state index in [0.717, 1.165) is 67.9 Å². The largest absolute Gasteiger partial charge is 0.392 e. The molecule has 0 aliphatic carbocycles. The summed E-state index contributed by atoms with van der Waals surface area (Å²) in [5.41, 5.74) is 2.40. The molecule has 2 atom stereocenters. The van der Waals surface area contributed by atoms with Crippen LogP contribution in [-0.2, 0) is 6.61 Å². The SMILES string of the molecule is CC1CCCN1c1nc(-c2cncc(Cl)c2)cc(N2CCN(c3ncc(CO)cc3Cl)C[C@H]2C)n1. The van der Waals surface area contributed by atoms with Crippen LogP contribution in [0.2, 0.25) is 10.0 Å². The second-order valence-corrected chi connectivity index (χ2v) is 10.1. The van der Waals surface area contributed by atoms with Crippen LogP contribution >= 0.6 is 23.2 Å². The van der Waals surface area contributed by atoms with Gasteiger partial charge in [-0.25, -0.2) is 9.97 Å². The van der Waals surface area contributed by atoms with E-state index in [4.69, 9.17) is 33.2 Å². The minimum Gasteiger partial charge on any atom is -0.392 e. The van der Waals surface area contributed by atoms with Crippen molar-refractivity contribution in [1.82, 2.24) is 19.9 Å². The molecular weight excluding hydrogens is 485 g/mol. The van der Waals surface area contributed by atoms with Crippen LogP contribution in [0, 0.1) is 0 Å². The molecule has 2 aliphatic rings. The van der Waals surface area contributed by atoms with Gasteiger partial charge in [0.05, 0.1) is 22.3 Å². The van der Waals surface area contributed by atoms with Crippen LogP contribution in [0.1, 0.15) is 32.3 Å². The lowest BCUT2D eigenvalue weighted by atomic mass is 10.1. The van der Waals surface area contributed by atoms with Gasteiger partial charge in [0.25, 0.3) is 0 Å². The van der Waals surface area contributed by atoms with Crippen LogP contribution in [0.3, 0.4) is 0 Å². The lowest BCUT2D eigenvalue weighted by Crippen LogP contribution is -2.52. The van der Waals surface area contributed by atoms with Gasteiger partial charge in [-0.15, -0.1) is 0 Å². The fourth-order valence-electron chi connectivity index (χ4n) is 4.91. The van der Waals surface area contributed by atoms with Gasteiger partial charge in [-0.05, 0) is 44.4 Å². The first-order valence-electron chi connectivity index (χ1n) is 12.0. The summed E-state index contributed by atoms with van der Waals surface area (Å²) in [6.45, 7) is 7.55. The second kappa shape index (κ2) is 10.1. The van der Waals surface area contributed by atoms with Gasteiger partial charge >= 0.3 is 0 Å². The third kappa shape index (κ3) is 5.01. The van der Waals surface area contributed by atoms with E-state index < -0.39 is 0 Å². The first-order valence-corrected chi connectivity index (χ1v) is 12.7. The van der Waals surface area contributed by atoms with Gasteiger partial charge in [-0.3, -0.25) is 4.98 Å². The Balaban J connectivity index is 1.45. The topological polar surface area (TPSA) is 81.5 Å². The molecular formula is C25H29Cl2N7O. The summed E-state index contributed by atoms with van der Waals surface area (Å²) < 4.78 is 0. The van der Waals surface area contributed by atoms with Gasteiger partial charge in [0.1, 0.15) is 11.6 Å². The average molecular weight is 514 g/mol. The van der Waals surface area contributed by atoms with Crippen molar-refractivity contribution in [2.75, 3.05) is 40.9 Å². The zero-order valence-electron chi connectivity index (χ0n) is 19.9. The summed E-state index contributed by atoms with van der Waals surface area (Å²) in [6.07, 6.45) is 7.38. The Bertz CT molecular complexity index is 1210. The van der Waals surface area contributed by atoms with Crippen LogP contribution in [0.25, 0.3) is 11.3 Å². The Kier molecular flexibility index (Phi) is 6.95. The fraction of sp³-hybridized carbons (Fsp3) is 0.440. The standard InChI is InChI=1S/C25H29Cl2N7O/c1-16-4-3-5-34(16)25-30-22(19-9-20(26)13-28-12-19)10-23(31-25)33-7-6-32(14-17(33)2)24-21(27)8-18(15-35)11-29-24/h8-13,16-17,35H,3-7,14-15H2,1-2H3/t16?,17-/m1/s1. The third-order valence-electron chi connectivity index (χ3n) is 6.79. The van der Waals surface area contributed by atoms with Crippen LogP contribution in [-0.4, -0.2) is 63.3 Å². The highest BCUT2D eigenvalue weighted by Gasteiger charge is 2.29. The molecule has 8 nitrogen and oxygen atoms in total. The van der Waals surface area contributed by atoms with E-state index in [1.54, 1.807) is 24.7 Å². The quantitative estimate of drug-likeness (QED) is 0.536. The molecule has 0 saturated carbocycles. The molecule has 2 aliphatic heterocycles. The van der Waals surface area contributed by atoms with Crippen LogP contribution in [0.15, 0.2) is 36.8 Å². The van der Waals surface area contributed by atoms with Crippen molar-refractivity contribution >= 4 is 40.8 Å². The minimum absolute atomic E-state index is 0.0761. The molecule has 5 rings (SSSR count). The predicted molar refractivity (Wildman–Crippen MR) is 141 cm³/mol. The first-order chi connectivity index (χ1) is 16.9. The van der Waals surface area contributed by atoms with Gasteiger partial charge in [-0.2, -0.15) is 4.98 Å². The van der Waals surface area contributed by atoms with Crippen molar-refractivity contribution in [2.45, 2.75) is 45.4 Å². The fourth-order valence-corrected chi connectivity index (χ4v) is 5.39. The van der Waals surface area contributed by atoms with Crippen LogP contribution in [0.4, 0.5) is 17.6 Å². The van der Waals surface area contributed by atoms with Gasteiger partial charge in [0, 0.05) is 68.5 Å². The Morgan fingerprint density at radius 1 is 0.971 bits per heavy atom. The van der Waals surface area contributed by atoms with E-state index in [1.807, 2.05) is 12.1 Å². The molecule has 2 fully saturated rings. The Hall–Kier alpha value is -2.68. The monoisotopic (exact) mass is 513 g/mol. The maximum Gasteiger partial charge on any atom is 0.228 e. The van der Waals surface area contributed by atoms with Crippen molar-refractivity contribution < 1.29 is 5.11 Å². The average Bonchev–Trinajstić information content (AvgIpc) is 3.29. The van der Waals surface area contributed by atoms with Crippen molar-refractivity contribution in [3.05, 3.63) is 52.4 Å². The smallest absolute Gasteiger partial charge is 0.228 e. The van der Waals surface area contributed by atoms with Crippen molar-refractivity contribution in [3.63, 3.8) is 0 Å². The summed E-state index contributed by atoms with van der Waals surface area (Å²) in [4.78, 5) is 25.5. The lowest BCUT2D eigenvalue weighted by molar-refractivity contribution is 0.281. The number of hydrogen-bond donors (Lipinski definition) is 1. The molecule has 1 unspecified atom stereocenters. The number of rotatable bonds is 5. The van der Waals surface area contributed by atoms with Crippen molar-refractivity contribution in [1.29, 1.82) is 0 Å². The van der Waals surface area contributed by atoms with Crippen molar-refractivity contribution in [2.24, 2.45) is 0 Å². The number of pyridine rings is 2. The molecule has 0 spiro atoms. The molecule has 35 heavy (non-hydrogen) atoms. The predicted octanol–water partition coefficient (Wildman–Crippen LogP) is 4.44. The summed E-state index contributed by atoms with van der Waals surface area (Å²) >= 11 is 12.7. The molecule has 0 radical (unpaired) electrons. The van der Waals surface area contributed by atoms with Gasteiger partial charge in [0.2, 0.25) is 5.95 Å². The third-order valence-corrected chi connectivity index (χ3v) is 7.28. The van der Waals surface area contributed by atoms with Gasteiger partial charge < -0.3 is 19.8 Å². The summed E-state index contributed by atoms with van der Waals surface area (Å²) in [7, 11) is 0. The molecule has 184 valence electrons. The molecule has 2 saturated heterocycles. The summed E-state index contributed by atoms with van der Waals surface area (Å²) in [5.74, 6) is 2.39. The Morgan fingerprint density at radius 2 is 1.83 bits per heavy atom. The van der Waals surface area contributed by atoms with E-state index in [0.29, 0.717) is 21.7 Å². The molecule has 0 bridgehead atoms. The second-order valence-electron chi connectivity index (χ2n) is 9.28. The van der Waals surface area contributed by atoms with Gasteiger partial charge in [-0.1, -0.05) is 23.2 Å². The van der Waals surface area contributed by atoms with E-state index in [2.05, 4.69) is 38.5 Å². The van der Waals surface area contributed by atoms with Crippen molar-refractivity contribution in [3.8, 4) is 11.3 Å². The maximum atomic E-state index is 9.36. The number of piperazine rings is 1. The van der Waals surface area contributed by atoms with Crippen LogP contribution in [0.5, 0.6) is 0 Å². The Morgan fingerprint density at radius 3 is 2.51 bits per heavy atom. The molecule has 3 aromatic rings. The molecule has 1 N–H and O–H groups in total. The Labute approximate surface area is 215 Å². The number of halogens is 2. The minimum atomic E-state index is -0.0761. The van der Waals surface area contributed by atoms with Gasteiger partial charge in [0.15, 0.2) is 0 Å². The first kappa shape index (κ1) is 24.0. The zero-order chi connectivity index (χ0) is 24.5. The molecule has 0 amide bonds. The summed E-state index contributed by atoms with van der Waals surface area (Å²) in [5, 5.41) is 10.5. The van der Waals surface area contributed by atoms with E-state index in [-0.39, 0.29) is 12.6 Å². The summed E-state index contributed by atoms with van der Waals surface area (Å²) in [6, 6.07) is 6.27. The highest BCUT2D eigenvalue weighted by molar-refractivity contribution is 6.33. The van der Waals surface area contributed by atoms with E-state index >= 15 is 0 Å². The number of aliphatic hydroxyl groups excluding tert-OH is 1. The molecule has 3 aromatic heterocycles. The number of hydrogen-bond acceptors (Lipinski definition) is 8. The number of anilines is 3. The maximum absolute atomic E-state index is 9.36. The lowest BCUT2D eigenvalue weighted by Gasteiger charge is -2.41. The van der Waals surface area contributed by atoms with Crippen LogP contribution < -0.4 is 14.7 Å². The number of aliphatic hydroxyl groups is 1. The highest BCUT2D eigenvalue weighted by Crippen LogP contribution is 2.32. The number of nitrogens with zero attached hydrogens (tertiary/aromatic N) is 7. The normalized spacial score (nSPS) is 20.5. The highest BCUT2D eigenvalue weighted by atomic mass is 35.5. The van der Waals surface area contributed by atoms with E-state index in [1.165, 1.54) is 0 Å².